The van der Waals surface area contributed by atoms with Crippen LogP contribution >= 0.6 is 0 Å². The first-order chi connectivity index (χ1) is 9.08. The smallest absolute Gasteiger partial charge is 0.356 e. The predicted octanol–water partition coefficient (Wildman–Crippen LogP) is 0.354. The highest BCUT2D eigenvalue weighted by atomic mass is 16.5. The van der Waals surface area contributed by atoms with Crippen molar-refractivity contribution in [2.24, 2.45) is 0 Å². The molecule has 2 rings (SSSR count). The molecule has 0 saturated carbocycles. The summed E-state index contributed by atoms with van der Waals surface area (Å²) >= 11 is 0. The molecule has 100 valence electrons. The summed E-state index contributed by atoms with van der Waals surface area (Å²) in [6.45, 7) is -0.166. The van der Waals surface area contributed by atoms with E-state index in [2.05, 4.69) is 9.72 Å². The van der Waals surface area contributed by atoms with E-state index >= 15 is 0 Å². The molecule has 0 aromatic carbocycles. The van der Waals surface area contributed by atoms with Crippen molar-refractivity contribution >= 4 is 17.5 Å². The Labute approximate surface area is 108 Å². The van der Waals surface area contributed by atoms with Gasteiger partial charge in [-0.1, -0.05) is 0 Å². The molecular formula is C12H12N2O5. The van der Waals surface area contributed by atoms with Gasteiger partial charge in [0.05, 0.1) is 24.8 Å². The summed E-state index contributed by atoms with van der Waals surface area (Å²) in [4.78, 5) is 26.5. The Morgan fingerprint density at radius 1 is 1.42 bits per heavy atom. The van der Waals surface area contributed by atoms with Gasteiger partial charge in [-0.05, 0) is 12.1 Å². The number of hydrogen-bond acceptors (Lipinski definition) is 5. The highest BCUT2D eigenvalue weighted by Crippen LogP contribution is 2.16. The maximum Gasteiger partial charge on any atom is 0.356 e. The molecule has 19 heavy (non-hydrogen) atoms. The highest BCUT2D eigenvalue weighted by molar-refractivity contribution is 5.95. The Hall–Kier alpha value is -2.41. The zero-order valence-electron chi connectivity index (χ0n) is 10.2. The van der Waals surface area contributed by atoms with Gasteiger partial charge < -0.3 is 19.4 Å². The Morgan fingerprint density at radius 2 is 2.16 bits per heavy atom. The number of carbonyl (C=O) groups is 2. The van der Waals surface area contributed by atoms with E-state index in [4.69, 9.17) is 10.2 Å². The van der Waals surface area contributed by atoms with Gasteiger partial charge >= 0.3 is 11.9 Å². The van der Waals surface area contributed by atoms with Gasteiger partial charge in [0.25, 0.3) is 0 Å². The van der Waals surface area contributed by atoms with E-state index in [1.165, 1.54) is 29.8 Å². The number of carboxylic acids is 1. The van der Waals surface area contributed by atoms with Crippen LogP contribution in [0.1, 0.15) is 26.7 Å². The first-order valence-electron chi connectivity index (χ1n) is 5.52. The molecule has 0 spiro atoms. The minimum Gasteiger partial charge on any atom is -0.476 e. The first kappa shape index (κ1) is 13.0. The zero-order valence-corrected chi connectivity index (χ0v) is 10.2. The summed E-state index contributed by atoms with van der Waals surface area (Å²) in [5.74, 6) is -1.31. The van der Waals surface area contributed by atoms with Crippen LogP contribution in [0.2, 0.25) is 0 Å². The molecule has 0 bridgehead atoms. The predicted molar refractivity (Wildman–Crippen MR) is 64.3 cm³/mol. The van der Waals surface area contributed by atoms with Gasteiger partial charge in [-0.3, -0.25) is 0 Å². The lowest BCUT2D eigenvalue weighted by molar-refractivity contribution is 0.0599. The lowest BCUT2D eigenvalue weighted by Crippen LogP contribution is -2.05. The number of carbonyl (C=O) groups excluding carboxylic acids is 1. The van der Waals surface area contributed by atoms with E-state index in [0.717, 1.165) is 0 Å². The standard InChI is InChI=1S/C12H12N2O5/c1-19-12(18)7-2-3-8-10(11(16)17)13-9(4-5-15)14(8)6-7/h2-3,6,15H,4-5H2,1H3,(H,16,17). The quantitative estimate of drug-likeness (QED) is 0.773. The largest absolute Gasteiger partial charge is 0.476 e. The Balaban J connectivity index is 2.65. The van der Waals surface area contributed by atoms with E-state index in [9.17, 15) is 9.59 Å². The maximum atomic E-state index is 11.4. The van der Waals surface area contributed by atoms with Crippen molar-refractivity contribution in [3.05, 3.63) is 35.4 Å². The Bertz CT molecular complexity index is 647. The molecule has 2 N–H and O–H groups in total. The molecule has 0 fully saturated rings. The number of pyridine rings is 1. The number of methoxy groups -OCH3 is 1. The molecule has 0 aliphatic heterocycles. The van der Waals surface area contributed by atoms with Crippen molar-refractivity contribution in [3.63, 3.8) is 0 Å². The van der Waals surface area contributed by atoms with Crippen molar-refractivity contribution in [1.82, 2.24) is 9.38 Å². The highest BCUT2D eigenvalue weighted by Gasteiger charge is 2.17. The minimum absolute atomic E-state index is 0.111. The summed E-state index contributed by atoms with van der Waals surface area (Å²) < 4.78 is 6.08. The van der Waals surface area contributed by atoms with Crippen LogP contribution in [0, 0.1) is 0 Å². The van der Waals surface area contributed by atoms with E-state index in [1.807, 2.05) is 0 Å². The first-order valence-corrected chi connectivity index (χ1v) is 5.52. The van der Waals surface area contributed by atoms with Crippen LogP contribution in [0.5, 0.6) is 0 Å². The summed E-state index contributed by atoms with van der Waals surface area (Å²) in [6.07, 6.45) is 1.64. The summed E-state index contributed by atoms with van der Waals surface area (Å²) in [5, 5.41) is 18.0. The summed E-state index contributed by atoms with van der Waals surface area (Å²) in [7, 11) is 1.26. The topological polar surface area (TPSA) is 101 Å². The van der Waals surface area contributed by atoms with Crippen LogP contribution in [0.4, 0.5) is 0 Å². The number of carboxylic acid groups (broad SMARTS) is 1. The Morgan fingerprint density at radius 3 is 2.74 bits per heavy atom. The number of esters is 1. The minimum atomic E-state index is -1.16. The van der Waals surface area contributed by atoms with Crippen molar-refractivity contribution in [1.29, 1.82) is 0 Å². The molecule has 0 aliphatic rings. The number of aliphatic hydroxyl groups is 1. The summed E-state index contributed by atoms with van der Waals surface area (Å²) in [5.41, 5.74) is 0.534. The molecule has 7 nitrogen and oxygen atoms in total. The SMILES string of the molecule is COC(=O)c1ccc2c(C(=O)O)nc(CCO)n2c1. The zero-order chi connectivity index (χ0) is 14.0. The van der Waals surface area contributed by atoms with Crippen molar-refractivity contribution in [3.8, 4) is 0 Å². The number of aliphatic hydroxyl groups excluding tert-OH is 1. The van der Waals surface area contributed by atoms with Gasteiger partial charge in [-0.2, -0.15) is 0 Å². The number of nitrogens with zero attached hydrogens (tertiary/aromatic N) is 2. The number of aromatic carboxylic acids is 1. The van der Waals surface area contributed by atoms with Crippen molar-refractivity contribution in [2.45, 2.75) is 6.42 Å². The number of aromatic nitrogens is 2. The number of ether oxygens (including phenoxy) is 1. The van der Waals surface area contributed by atoms with Crippen LogP contribution in [0.15, 0.2) is 18.3 Å². The van der Waals surface area contributed by atoms with Crippen LogP contribution in [-0.4, -0.2) is 45.3 Å². The fourth-order valence-corrected chi connectivity index (χ4v) is 1.82. The average Bonchev–Trinajstić information content (AvgIpc) is 2.77. The lowest BCUT2D eigenvalue weighted by Gasteiger charge is -2.03. The second kappa shape index (κ2) is 5.07. The monoisotopic (exact) mass is 264 g/mol. The molecule has 7 heteroatoms. The van der Waals surface area contributed by atoms with Gasteiger partial charge in [0.15, 0.2) is 5.69 Å². The van der Waals surface area contributed by atoms with Gasteiger partial charge in [0.2, 0.25) is 0 Å². The average molecular weight is 264 g/mol. The van der Waals surface area contributed by atoms with Crippen LogP contribution in [0.25, 0.3) is 5.52 Å². The molecule has 0 atom stereocenters. The number of imidazole rings is 1. The third kappa shape index (κ3) is 2.27. The Kier molecular flexibility index (Phi) is 3.48. The molecular weight excluding hydrogens is 252 g/mol. The van der Waals surface area contributed by atoms with Crippen LogP contribution in [0.3, 0.4) is 0 Å². The number of fused-ring (bicyclic) bond motifs is 1. The third-order valence-electron chi connectivity index (χ3n) is 2.67. The van der Waals surface area contributed by atoms with E-state index < -0.39 is 11.9 Å². The van der Waals surface area contributed by atoms with E-state index in [-0.39, 0.29) is 24.3 Å². The summed E-state index contributed by atoms with van der Waals surface area (Å²) in [6, 6.07) is 2.96. The van der Waals surface area contributed by atoms with Gasteiger partial charge in [-0.15, -0.1) is 0 Å². The molecule has 0 aliphatic carbocycles. The second-order valence-corrected chi connectivity index (χ2v) is 3.82. The van der Waals surface area contributed by atoms with Gasteiger partial charge in [0, 0.05) is 12.6 Å². The number of hydrogen-bond donors (Lipinski definition) is 2. The molecule has 0 saturated heterocycles. The molecule has 0 unspecified atom stereocenters. The molecule has 2 aromatic rings. The van der Waals surface area contributed by atoms with Crippen LogP contribution < -0.4 is 0 Å². The van der Waals surface area contributed by atoms with Crippen molar-refractivity contribution < 1.29 is 24.5 Å². The van der Waals surface area contributed by atoms with E-state index in [1.54, 1.807) is 0 Å². The molecule has 2 aromatic heterocycles. The fourth-order valence-electron chi connectivity index (χ4n) is 1.82. The van der Waals surface area contributed by atoms with Crippen LogP contribution in [-0.2, 0) is 11.2 Å². The molecule has 0 amide bonds. The molecule has 2 heterocycles. The number of rotatable bonds is 4. The van der Waals surface area contributed by atoms with Crippen molar-refractivity contribution in [2.75, 3.05) is 13.7 Å². The lowest BCUT2D eigenvalue weighted by atomic mass is 10.2. The third-order valence-corrected chi connectivity index (χ3v) is 2.67. The van der Waals surface area contributed by atoms with E-state index in [0.29, 0.717) is 11.3 Å². The molecule has 0 radical (unpaired) electrons. The normalized spacial score (nSPS) is 10.6. The van der Waals surface area contributed by atoms with Gasteiger partial charge in [-0.25, -0.2) is 14.6 Å². The fraction of sp³-hybridized carbons (Fsp3) is 0.250. The maximum absolute atomic E-state index is 11.4. The second-order valence-electron chi connectivity index (χ2n) is 3.82. The van der Waals surface area contributed by atoms with Gasteiger partial charge in [0.1, 0.15) is 5.82 Å².